The monoisotopic (exact) mass is 400 g/mol. The second kappa shape index (κ2) is 6.74. The standard InChI is InChI=1S/C21H20N8O/c22-17-9-23-16(8-24-17)18-19-20(29(12-25-19)13-4-2-1-3-5-13)27-21(26-18)28-10-14-6-7-15(11-28)30-14/h1-5,8-9,12,14-15H,6-7,10-11H2,(H2,22,24). The van der Waals surface area contributed by atoms with Crippen molar-refractivity contribution in [3.05, 3.63) is 49.1 Å². The van der Waals surface area contributed by atoms with Gasteiger partial charge in [0, 0.05) is 18.8 Å². The Morgan fingerprint density at radius 2 is 1.73 bits per heavy atom. The first-order valence-corrected chi connectivity index (χ1v) is 10.0. The van der Waals surface area contributed by atoms with Crippen LogP contribution in [0.5, 0.6) is 0 Å². The number of hydrogen-bond acceptors (Lipinski definition) is 8. The van der Waals surface area contributed by atoms with Gasteiger partial charge in [-0.3, -0.25) is 4.57 Å². The second-order valence-corrected chi connectivity index (χ2v) is 7.68. The van der Waals surface area contributed by atoms with Crippen LogP contribution in [0.4, 0.5) is 11.8 Å². The van der Waals surface area contributed by atoms with E-state index in [1.165, 1.54) is 6.20 Å². The van der Waals surface area contributed by atoms with E-state index in [4.69, 9.17) is 20.4 Å². The van der Waals surface area contributed by atoms with Gasteiger partial charge in [0.1, 0.15) is 29.0 Å². The van der Waals surface area contributed by atoms with Gasteiger partial charge in [-0.05, 0) is 25.0 Å². The van der Waals surface area contributed by atoms with Crippen LogP contribution in [0.1, 0.15) is 12.8 Å². The van der Waals surface area contributed by atoms with Crippen LogP contribution < -0.4 is 10.6 Å². The van der Waals surface area contributed by atoms with Gasteiger partial charge in [0.2, 0.25) is 5.95 Å². The van der Waals surface area contributed by atoms with Gasteiger partial charge in [-0.2, -0.15) is 4.98 Å². The molecular formula is C21H20N8O. The summed E-state index contributed by atoms with van der Waals surface area (Å²) in [7, 11) is 0. The van der Waals surface area contributed by atoms with E-state index in [1.807, 2.05) is 34.9 Å². The maximum Gasteiger partial charge on any atom is 0.228 e. The number of nitrogen functional groups attached to an aromatic ring is 1. The summed E-state index contributed by atoms with van der Waals surface area (Å²) >= 11 is 0. The number of nitrogens with two attached hydrogens (primary N) is 1. The molecule has 0 amide bonds. The highest BCUT2D eigenvalue weighted by molar-refractivity contribution is 5.88. The van der Waals surface area contributed by atoms with Crippen LogP contribution >= 0.6 is 0 Å². The average molecular weight is 400 g/mol. The summed E-state index contributed by atoms with van der Waals surface area (Å²) in [5.74, 6) is 1.03. The molecule has 3 aromatic heterocycles. The van der Waals surface area contributed by atoms with Crippen molar-refractivity contribution in [1.29, 1.82) is 0 Å². The normalized spacial score (nSPS) is 20.7. The molecule has 0 aliphatic carbocycles. The SMILES string of the molecule is Nc1cnc(-c2nc(N3CC4CCC(C3)O4)nc3c2ncn3-c2ccccc2)cn1. The molecule has 9 heteroatoms. The number of fused-ring (bicyclic) bond motifs is 3. The molecule has 2 unspecified atom stereocenters. The lowest BCUT2D eigenvalue weighted by molar-refractivity contribution is 0.0299. The minimum atomic E-state index is 0.238. The predicted octanol–water partition coefficient (Wildman–Crippen LogP) is 2.22. The van der Waals surface area contributed by atoms with Crippen LogP contribution in [0.25, 0.3) is 28.2 Å². The van der Waals surface area contributed by atoms with Gasteiger partial charge in [-0.15, -0.1) is 0 Å². The number of morpholine rings is 1. The third kappa shape index (κ3) is 2.86. The molecule has 2 aliphatic rings. The maximum atomic E-state index is 5.99. The van der Waals surface area contributed by atoms with Gasteiger partial charge < -0.3 is 15.4 Å². The van der Waals surface area contributed by atoms with E-state index in [0.29, 0.717) is 28.7 Å². The molecule has 2 aliphatic heterocycles. The van der Waals surface area contributed by atoms with E-state index in [1.54, 1.807) is 12.5 Å². The fourth-order valence-electron chi connectivity index (χ4n) is 4.22. The van der Waals surface area contributed by atoms with Crippen molar-refractivity contribution in [3.8, 4) is 17.1 Å². The molecule has 6 rings (SSSR count). The molecule has 2 saturated heterocycles. The molecule has 1 aromatic carbocycles. The Labute approximate surface area is 172 Å². The molecule has 2 fully saturated rings. The number of hydrogen-bond donors (Lipinski definition) is 1. The van der Waals surface area contributed by atoms with Crippen molar-refractivity contribution in [2.45, 2.75) is 25.0 Å². The Morgan fingerprint density at radius 3 is 2.47 bits per heavy atom. The van der Waals surface area contributed by atoms with E-state index in [0.717, 1.165) is 37.3 Å². The minimum absolute atomic E-state index is 0.238. The van der Waals surface area contributed by atoms with Crippen LogP contribution in [-0.4, -0.2) is 54.8 Å². The van der Waals surface area contributed by atoms with Gasteiger partial charge in [0.25, 0.3) is 0 Å². The summed E-state index contributed by atoms with van der Waals surface area (Å²) in [5, 5.41) is 0. The van der Waals surface area contributed by atoms with E-state index < -0.39 is 0 Å². The topological polar surface area (TPSA) is 108 Å². The summed E-state index contributed by atoms with van der Waals surface area (Å²) in [6.45, 7) is 1.57. The van der Waals surface area contributed by atoms with Crippen LogP contribution in [-0.2, 0) is 4.74 Å². The smallest absolute Gasteiger partial charge is 0.228 e. The molecule has 0 saturated carbocycles. The number of imidazole rings is 1. The molecule has 0 spiro atoms. The lowest BCUT2D eigenvalue weighted by Crippen LogP contribution is -2.43. The zero-order chi connectivity index (χ0) is 20.1. The Bertz CT molecular complexity index is 1200. The van der Waals surface area contributed by atoms with E-state index in [9.17, 15) is 0 Å². The summed E-state index contributed by atoms with van der Waals surface area (Å²) in [6.07, 6.45) is 7.58. The van der Waals surface area contributed by atoms with E-state index >= 15 is 0 Å². The fraction of sp³-hybridized carbons (Fsp3) is 0.286. The van der Waals surface area contributed by atoms with Crippen LogP contribution in [0, 0.1) is 0 Å². The lowest BCUT2D eigenvalue weighted by atomic mass is 10.2. The highest BCUT2D eigenvalue weighted by Gasteiger charge is 2.35. The van der Waals surface area contributed by atoms with Crippen molar-refractivity contribution in [1.82, 2.24) is 29.5 Å². The molecule has 2 bridgehead atoms. The minimum Gasteiger partial charge on any atom is -0.382 e. The zero-order valence-electron chi connectivity index (χ0n) is 16.2. The number of anilines is 2. The van der Waals surface area contributed by atoms with Crippen LogP contribution in [0.3, 0.4) is 0 Å². The van der Waals surface area contributed by atoms with Gasteiger partial charge in [-0.25, -0.2) is 19.9 Å². The maximum absolute atomic E-state index is 5.99. The molecular weight excluding hydrogens is 380 g/mol. The lowest BCUT2D eigenvalue weighted by Gasteiger charge is -2.32. The molecule has 9 nitrogen and oxygen atoms in total. The zero-order valence-corrected chi connectivity index (χ0v) is 16.2. The number of rotatable bonds is 3. The molecule has 0 radical (unpaired) electrons. The third-order valence-electron chi connectivity index (χ3n) is 5.66. The number of ether oxygens (including phenoxy) is 1. The van der Waals surface area contributed by atoms with Crippen molar-refractivity contribution >= 4 is 22.9 Å². The quantitative estimate of drug-likeness (QED) is 0.558. The number of aromatic nitrogens is 6. The highest BCUT2D eigenvalue weighted by atomic mass is 16.5. The van der Waals surface area contributed by atoms with Gasteiger partial charge in [0.15, 0.2) is 5.65 Å². The summed E-state index contributed by atoms with van der Waals surface area (Å²) in [6, 6.07) is 10.0. The molecule has 2 atom stereocenters. The third-order valence-corrected chi connectivity index (χ3v) is 5.66. The Morgan fingerprint density at radius 1 is 0.933 bits per heavy atom. The predicted molar refractivity (Wildman–Crippen MR) is 112 cm³/mol. The molecule has 4 aromatic rings. The van der Waals surface area contributed by atoms with Crippen molar-refractivity contribution in [2.24, 2.45) is 0 Å². The fourth-order valence-corrected chi connectivity index (χ4v) is 4.22. The Balaban J connectivity index is 1.54. The summed E-state index contributed by atoms with van der Waals surface area (Å²) in [4.78, 5) is 25.2. The van der Waals surface area contributed by atoms with E-state index in [-0.39, 0.29) is 12.2 Å². The number of para-hydroxylation sites is 1. The summed E-state index contributed by atoms with van der Waals surface area (Å²) < 4.78 is 7.97. The molecule has 5 heterocycles. The van der Waals surface area contributed by atoms with Gasteiger partial charge >= 0.3 is 0 Å². The first-order chi connectivity index (χ1) is 14.7. The first-order valence-electron chi connectivity index (χ1n) is 10.0. The van der Waals surface area contributed by atoms with Gasteiger partial charge in [0.05, 0.1) is 24.6 Å². The molecule has 2 N–H and O–H groups in total. The summed E-state index contributed by atoms with van der Waals surface area (Å²) in [5.41, 5.74) is 9.40. The number of benzene rings is 1. The molecule has 30 heavy (non-hydrogen) atoms. The first kappa shape index (κ1) is 17.3. The van der Waals surface area contributed by atoms with Crippen LogP contribution in [0.2, 0.25) is 0 Å². The Kier molecular flexibility index (Phi) is 3.88. The highest BCUT2D eigenvalue weighted by Crippen LogP contribution is 2.32. The van der Waals surface area contributed by atoms with Crippen molar-refractivity contribution in [3.63, 3.8) is 0 Å². The van der Waals surface area contributed by atoms with Gasteiger partial charge in [-0.1, -0.05) is 18.2 Å². The molecule has 150 valence electrons. The van der Waals surface area contributed by atoms with Crippen molar-refractivity contribution in [2.75, 3.05) is 23.7 Å². The second-order valence-electron chi connectivity index (χ2n) is 7.68. The largest absolute Gasteiger partial charge is 0.382 e. The van der Waals surface area contributed by atoms with E-state index in [2.05, 4.69) is 19.9 Å². The van der Waals surface area contributed by atoms with Crippen LogP contribution in [0.15, 0.2) is 49.1 Å². The van der Waals surface area contributed by atoms with Crippen molar-refractivity contribution < 1.29 is 4.74 Å². The average Bonchev–Trinajstić information content (AvgIpc) is 3.36. The Hall–Kier alpha value is -3.59. The number of nitrogens with zero attached hydrogens (tertiary/aromatic N) is 7.